The van der Waals surface area contributed by atoms with Crippen LogP contribution in [0.4, 0.5) is 0 Å². The molecule has 3 N–H and O–H groups in total. The minimum atomic E-state index is -0.541. The monoisotopic (exact) mass is 317 g/mol. The zero-order chi connectivity index (χ0) is 16.8. The quantitative estimate of drug-likeness (QED) is 0.675. The molecule has 2 aromatic rings. The van der Waals surface area contributed by atoms with Crippen molar-refractivity contribution in [2.24, 2.45) is 0 Å². The van der Waals surface area contributed by atoms with Crippen molar-refractivity contribution < 1.29 is 9.90 Å². The summed E-state index contributed by atoms with van der Waals surface area (Å²) in [6, 6.07) is 7.07. The van der Waals surface area contributed by atoms with Gasteiger partial charge in [0.1, 0.15) is 11.3 Å². The Morgan fingerprint density at radius 2 is 1.96 bits per heavy atom. The van der Waals surface area contributed by atoms with Crippen molar-refractivity contribution in [2.75, 3.05) is 19.6 Å². The normalized spacial score (nSPS) is 10.9. The number of likely N-dealkylation sites (N-methyl/N-ethyl adjacent to an activating group) is 1. The molecule has 1 aromatic heterocycles. The SMILES string of the molecule is CCCn1c(=O)c(C(=O)NCCNCC)c(O)c2ccccc21. The highest BCUT2D eigenvalue weighted by Crippen LogP contribution is 2.26. The van der Waals surface area contributed by atoms with Crippen molar-refractivity contribution in [3.8, 4) is 5.75 Å². The highest BCUT2D eigenvalue weighted by molar-refractivity contribution is 6.02. The fourth-order valence-corrected chi connectivity index (χ4v) is 2.57. The van der Waals surface area contributed by atoms with E-state index in [4.69, 9.17) is 0 Å². The van der Waals surface area contributed by atoms with Crippen molar-refractivity contribution in [3.63, 3.8) is 0 Å². The third-order valence-electron chi connectivity index (χ3n) is 3.66. The standard InChI is InChI=1S/C17H23N3O3/c1-3-11-20-13-8-6-5-7-12(13)15(21)14(17(20)23)16(22)19-10-9-18-4-2/h5-8,18,21H,3-4,9-11H2,1-2H3,(H,19,22). The van der Waals surface area contributed by atoms with Crippen LogP contribution in [0.1, 0.15) is 30.6 Å². The molecule has 0 atom stereocenters. The van der Waals surface area contributed by atoms with Gasteiger partial charge in [0.15, 0.2) is 0 Å². The van der Waals surface area contributed by atoms with E-state index in [9.17, 15) is 14.7 Å². The predicted molar refractivity (Wildman–Crippen MR) is 91.0 cm³/mol. The molecule has 1 amide bonds. The number of nitrogens with one attached hydrogen (secondary N) is 2. The number of amides is 1. The first-order valence-corrected chi connectivity index (χ1v) is 7.95. The number of carbonyl (C=O) groups excluding carboxylic acids is 1. The predicted octanol–water partition coefficient (Wildman–Crippen LogP) is 1.46. The minimum Gasteiger partial charge on any atom is -0.506 e. The Hall–Kier alpha value is -2.34. The van der Waals surface area contributed by atoms with Gasteiger partial charge in [-0.3, -0.25) is 9.59 Å². The van der Waals surface area contributed by atoms with Gasteiger partial charge >= 0.3 is 0 Å². The molecule has 2 rings (SSSR count). The molecule has 124 valence electrons. The number of hydrogen-bond donors (Lipinski definition) is 3. The number of hydrogen-bond acceptors (Lipinski definition) is 4. The molecule has 0 unspecified atom stereocenters. The second kappa shape index (κ2) is 7.78. The summed E-state index contributed by atoms with van der Waals surface area (Å²) >= 11 is 0. The molecule has 1 heterocycles. The van der Waals surface area contributed by atoms with Gasteiger partial charge in [-0.15, -0.1) is 0 Å². The van der Waals surface area contributed by atoms with Crippen LogP contribution < -0.4 is 16.2 Å². The van der Waals surface area contributed by atoms with E-state index < -0.39 is 11.5 Å². The summed E-state index contributed by atoms with van der Waals surface area (Å²) in [5.41, 5.74) is -0.00120. The van der Waals surface area contributed by atoms with Gasteiger partial charge in [0.25, 0.3) is 11.5 Å². The van der Waals surface area contributed by atoms with Crippen molar-refractivity contribution >= 4 is 16.8 Å². The molecule has 0 radical (unpaired) electrons. The van der Waals surface area contributed by atoms with Crippen molar-refractivity contribution in [1.29, 1.82) is 0 Å². The van der Waals surface area contributed by atoms with E-state index in [-0.39, 0.29) is 11.3 Å². The van der Waals surface area contributed by atoms with Crippen LogP contribution in [0.15, 0.2) is 29.1 Å². The Labute approximate surface area is 135 Å². The molecule has 0 aliphatic carbocycles. The minimum absolute atomic E-state index is 0.186. The van der Waals surface area contributed by atoms with E-state index in [0.717, 1.165) is 13.0 Å². The summed E-state index contributed by atoms with van der Waals surface area (Å²) in [6.45, 7) is 6.24. The number of para-hydroxylation sites is 1. The molecule has 0 aliphatic heterocycles. The van der Waals surface area contributed by atoms with Crippen LogP contribution in [-0.4, -0.2) is 35.2 Å². The Morgan fingerprint density at radius 3 is 2.65 bits per heavy atom. The van der Waals surface area contributed by atoms with Crippen LogP contribution in [0.5, 0.6) is 5.75 Å². The molecule has 0 bridgehead atoms. The van der Waals surface area contributed by atoms with Crippen molar-refractivity contribution in [1.82, 2.24) is 15.2 Å². The zero-order valence-electron chi connectivity index (χ0n) is 13.6. The van der Waals surface area contributed by atoms with Gasteiger partial charge in [-0.05, 0) is 25.1 Å². The molecular weight excluding hydrogens is 294 g/mol. The Balaban J connectivity index is 2.47. The summed E-state index contributed by atoms with van der Waals surface area (Å²) < 4.78 is 1.55. The summed E-state index contributed by atoms with van der Waals surface area (Å²) in [7, 11) is 0. The lowest BCUT2D eigenvalue weighted by molar-refractivity contribution is 0.0949. The second-order valence-corrected chi connectivity index (χ2v) is 5.31. The van der Waals surface area contributed by atoms with Crippen LogP contribution in [0.2, 0.25) is 0 Å². The van der Waals surface area contributed by atoms with E-state index in [2.05, 4.69) is 10.6 Å². The second-order valence-electron chi connectivity index (χ2n) is 5.31. The Kier molecular flexibility index (Phi) is 5.76. The summed E-state index contributed by atoms with van der Waals surface area (Å²) in [6.07, 6.45) is 0.760. The van der Waals surface area contributed by atoms with Crippen molar-refractivity contribution in [2.45, 2.75) is 26.8 Å². The van der Waals surface area contributed by atoms with Crippen LogP contribution in [0.25, 0.3) is 10.9 Å². The Morgan fingerprint density at radius 1 is 1.22 bits per heavy atom. The van der Waals surface area contributed by atoms with Crippen LogP contribution in [-0.2, 0) is 6.54 Å². The molecule has 0 aliphatic rings. The average molecular weight is 317 g/mol. The van der Waals surface area contributed by atoms with Gasteiger partial charge in [-0.1, -0.05) is 26.0 Å². The highest BCUT2D eigenvalue weighted by atomic mass is 16.3. The maximum absolute atomic E-state index is 12.7. The molecule has 0 saturated heterocycles. The van der Waals surface area contributed by atoms with E-state index >= 15 is 0 Å². The smallest absolute Gasteiger partial charge is 0.267 e. The first-order chi connectivity index (χ1) is 11.1. The Bertz CT molecular complexity index is 753. The molecule has 23 heavy (non-hydrogen) atoms. The van der Waals surface area contributed by atoms with Gasteiger partial charge in [0, 0.05) is 25.0 Å². The number of carbonyl (C=O) groups is 1. The lowest BCUT2D eigenvalue weighted by Crippen LogP contribution is -2.36. The first kappa shape index (κ1) is 17.0. The maximum atomic E-state index is 12.7. The van der Waals surface area contributed by atoms with E-state index in [1.807, 2.05) is 19.9 Å². The lowest BCUT2D eigenvalue weighted by Gasteiger charge is -2.14. The number of rotatable bonds is 7. The van der Waals surface area contributed by atoms with Gasteiger partial charge in [-0.2, -0.15) is 0 Å². The number of pyridine rings is 1. The molecular formula is C17H23N3O3. The van der Waals surface area contributed by atoms with Crippen LogP contribution in [0, 0.1) is 0 Å². The van der Waals surface area contributed by atoms with Crippen LogP contribution in [0.3, 0.4) is 0 Å². The van der Waals surface area contributed by atoms with Gasteiger partial charge in [0.05, 0.1) is 5.52 Å². The number of aromatic nitrogens is 1. The largest absolute Gasteiger partial charge is 0.506 e. The fourth-order valence-electron chi connectivity index (χ4n) is 2.57. The fraction of sp³-hybridized carbons (Fsp3) is 0.412. The van der Waals surface area contributed by atoms with Crippen LogP contribution >= 0.6 is 0 Å². The number of fused-ring (bicyclic) bond motifs is 1. The average Bonchev–Trinajstić information content (AvgIpc) is 2.55. The number of benzene rings is 1. The zero-order valence-corrected chi connectivity index (χ0v) is 13.6. The molecule has 0 spiro atoms. The molecule has 6 nitrogen and oxygen atoms in total. The number of aryl methyl sites for hydroxylation is 1. The third kappa shape index (κ3) is 3.53. The van der Waals surface area contributed by atoms with Gasteiger partial charge < -0.3 is 20.3 Å². The summed E-state index contributed by atoms with van der Waals surface area (Å²) in [4.78, 5) is 25.0. The third-order valence-corrected chi connectivity index (χ3v) is 3.66. The molecule has 1 aromatic carbocycles. The summed E-state index contributed by atoms with van der Waals surface area (Å²) in [5.74, 6) is -0.792. The summed E-state index contributed by atoms with van der Waals surface area (Å²) in [5, 5.41) is 16.7. The van der Waals surface area contributed by atoms with E-state index in [1.54, 1.807) is 22.8 Å². The number of aromatic hydroxyl groups is 1. The topological polar surface area (TPSA) is 83.4 Å². The lowest BCUT2D eigenvalue weighted by atomic mass is 10.1. The first-order valence-electron chi connectivity index (χ1n) is 7.95. The molecule has 0 fully saturated rings. The van der Waals surface area contributed by atoms with E-state index in [1.165, 1.54) is 0 Å². The van der Waals surface area contributed by atoms with Crippen molar-refractivity contribution in [3.05, 3.63) is 40.2 Å². The maximum Gasteiger partial charge on any atom is 0.267 e. The molecule has 6 heteroatoms. The highest BCUT2D eigenvalue weighted by Gasteiger charge is 2.21. The van der Waals surface area contributed by atoms with E-state index in [0.29, 0.717) is 30.5 Å². The number of nitrogens with zero attached hydrogens (tertiary/aromatic N) is 1. The van der Waals surface area contributed by atoms with Gasteiger partial charge in [0.2, 0.25) is 0 Å². The van der Waals surface area contributed by atoms with Gasteiger partial charge in [-0.25, -0.2) is 0 Å². The molecule has 0 saturated carbocycles.